The van der Waals surface area contributed by atoms with Gasteiger partial charge in [0.2, 0.25) is 5.91 Å². The molecule has 0 spiro atoms. The van der Waals surface area contributed by atoms with E-state index in [0.717, 1.165) is 23.5 Å². The third kappa shape index (κ3) is 4.31. The minimum atomic E-state index is -0.304. The number of nitrogens with one attached hydrogen (secondary N) is 1. The van der Waals surface area contributed by atoms with Crippen molar-refractivity contribution < 1.29 is 9.18 Å². The molecule has 1 aromatic carbocycles. The van der Waals surface area contributed by atoms with Crippen molar-refractivity contribution in [3.63, 3.8) is 0 Å². The molecule has 1 aromatic rings. The van der Waals surface area contributed by atoms with Gasteiger partial charge in [0.25, 0.3) is 0 Å². The largest absolute Gasteiger partial charge is 0.368 e. The molecule has 2 rings (SSSR count). The lowest BCUT2D eigenvalue weighted by atomic mass is 10.2. The van der Waals surface area contributed by atoms with Crippen LogP contribution in [0.5, 0.6) is 0 Å². The number of carbonyl (C=O) groups is 1. The zero-order valence-corrected chi connectivity index (χ0v) is 10.9. The molecule has 0 saturated heterocycles. The fraction of sp³-hybridized carbons (Fsp3) is 0.462. The highest BCUT2D eigenvalue weighted by Gasteiger charge is 2.26. The van der Waals surface area contributed by atoms with Gasteiger partial charge in [-0.15, -0.1) is 11.8 Å². The van der Waals surface area contributed by atoms with Crippen molar-refractivity contribution in [1.82, 2.24) is 5.32 Å². The molecule has 1 saturated carbocycles. The summed E-state index contributed by atoms with van der Waals surface area (Å²) in [6, 6.07) is 6.66. The van der Waals surface area contributed by atoms with Crippen molar-refractivity contribution in [2.45, 2.75) is 36.2 Å². The van der Waals surface area contributed by atoms with Gasteiger partial charge in [-0.3, -0.25) is 4.79 Å². The van der Waals surface area contributed by atoms with E-state index in [-0.39, 0.29) is 17.8 Å². The minimum Gasteiger partial charge on any atom is -0.368 e. The van der Waals surface area contributed by atoms with Gasteiger partial charge >= 0.3 is 0 Å². The Bertz CT molecular complexity index is 423. The lowest BCUT2D eigenvalue weighted by molar-refractivity contribution is -0.120. The standard InChI is InChI=1S/C13H17FN2OS/c14-9-2-1-3-11(8-9)18-7-6-12(13(15)17)16-10-4-5-10/h1-3,8,10,12,16H,4-7H2,(H2,15,17). The van der Waals surface area contributed by atoms with Crippen LogP contribution in [0.3, 0.4) is 0 Å². The van der Waals surface area contributed by atoms with Crippen LogP contribution >= 0.6 is 11.8 Å². The summed E-state index contributed by atoms with van der Waals surface area (Å²) >= 11 is 1.54. The van der Waals surface area contributed by atoms with E-state index in [4.69, 9.17) is 5.73 Å². The van der Waals surface area contributed by atoms with Gasteiger partial charge in [0.05, 0.1) is 6.04 Å². The molecule has 0 bridgehead atoms. The first-order valence-corrected chi connectivity index (χ1v) is 7.07. The van der Waals surface area contributed by atoms with Crippen LogP contribution in [0.25, 0.3) is 0 Å². The van der Waals surface area contributed by atoms with E-state index in [1.165, 1.54) is 12.1 Å². The second kappa shape index (κ2) is 6.20. The van der Waals surface area contributed by atoms with Crippen LogP contribution in [0, 0.1) is 5.82 Å². The maximum Gasteiger partial charge on any atom is 0.234 e. The van der Waals surface area contributed by atoms with Gasteiger partial charge in [0.15, 0.2) is 0 Å². The van der Waals surface area contributed by atoms with Gasteiger partial charge < -0.3 is 11.1 Å². The summed E-state index contributed by atoms with van der Waals surface area (Å²) in [6.07, 6.45) is 2.93. The van der Waals surface area contributed by atoms with Crippen molar-refractivity contribution in [2.75, 3.05) is 5.75 Å². The highest BCUT2D eigenvalue weighted by Crippen LogP contribution is 2.22. The third-order valence-electron chi connectivity index (χ3n) is 2.83. The Morgan fingerprint density at radius 1 is 1.56 bits per heavy atom. The Hall–Kier alpha value is -1.07. The van der Waals surface area contributed by atoms with Crippen LogP contribution in [0.2, 0.25) is 0 Å². The highest BCUT2D eigenvalue weighted by molar-refractivity contribution is 7.99. The molecule has 0 radical (unpaired) electrons. The number of carbonyl (C=O) groups excluding carboxylic acids is 1. The topological polar surface area (TPSA) is 55.1 Å². The fourth-order valence-electron chi connectivity index (χ4n) is 1.69. The van der Waals surface area contributed by atoms with Gasteiger partial charge in [-0.25, -0.2) is 4.39 Å². The summed E-state index contributed by atoms with van der Waals surface area (Å²) in [5, 5.41) is 3.23. The number of hydrogen-bond donors (Lipinski definition) is 2. The van der Waals surface area contributed by atoms with Gasteiger partial charge in [-0.1, -0.05) is 6.07 Å². The molecule has 3 nitrogen and oxygen atoms in total. The predicted molar refractivity (Wildman–Crippen MR) is 70.9 cm³/mol. The quantitative estimate of drug-likeness (QED) is 0.743. The smallest absolute Gasteiger partial charge is 0.234 e. The van der Waals surface area contributed by atoms with Crippen molar-refractivity contribution in [3.8, 4) is 0 Å². The summed E-state index contributed by atoms with van der Waals surface area (Å²) in [7, 11) is 0. The van der Waals surface area contributed by atoms with E-state index in [0.29, 0.717) is 12.5 Å². The second-order valence-corrected chi connectivity index (χ2v) is 5.66. The lowest BCUT2D eigenvalue weighted by Gasteiger charge is -2.14. The van der Waals surface area contributed by atoms with Gasteiger partial charge in [0.1, 0.15) is 5.82 Å². The zero-order valence-electron chi connectivity index (χ0n) is 10.1. The first-order valence-electron chi connectivity index (χ1n) is 6.09. The summed E-state index contributed by atoms with van der Waals surface area (Å²) in [6.45, 7) is 0. The zero-order chi connectivity index (χ0) is 13.0. The van der Waals surface area contributed by atoms with Crippen molar-refractivity contribution in [2.24, 2.45) is 5.73 Å². The number of primary amides is 1. The molecule has 3 N–H and O–H groups in total. The monoisotopic (exact) mass is 268 g/mol. The molecular formula is C13H17FN2OS. The van der Waals surface area contributed by atoms with Gasteiger partial charge in [-0.05, 0) is 43.2 Å². The maximum atomic E-state index is 13.0. The van der Waals surface area contributed by atoms with Crippen LogP contribution in [0.1, 0.15) is 19.3 Å². The number of nitrogens with two attached hydrogens (primary N) is 1. The normalized spacial score (nSPS) is 16.5. The van der Waals surface area contributed by atoms with E-state index in [2.05, 4.69) is 5.32 Å². The highest BCUT2D eigenvalue weighted by atomic mass is 32.2. The van der Waals surface area contributed by atoms with E-state index < -0.39 is 0 Å². The van der Waals surface area contributed by atoms with Crippen molar-refractivity contribution in [3.05, 3.63) is 30.1 Å². The molecule has 18 heavy (non-hydrogen) atoms. The van der Waals surface area contributed by atoms with E-state index in [9.17, 15) is 9.18 Å². The molecule has 0 aliphatic heterocycles. The molecule has 98 valence electrons. The average Bonchev–Trinajstić information content (AvgIpc) is 3.11. The number of rotatable bonds is 7. The number of amides is 1. The molecular weight excluding hydrogens is 251 g/mol. The van der Waals surface area contributed by atoms with Crippen LogP contribution < -0.4 is 11.1 Å². The molecule has 1 fully saturated rings. The van der Waals surface area contributed by atoms with Crippen LogP contribution in [0.4, 0.5) is 4.39 Å². The number of benzene rings is 1. The Labute approximate surface area is 110 Å². The Morgan fingerprint density at radius 3 is 2.94 bits per heavy atom. The van der Waals surface area contributed by atoms with E-state index >= 15 is 0 Å². The minimum absolute atomic E-state index is 0.234. The molecule has 1 aliphatic carbocycles. The Balaban J connectivity index is 1.77. The summed E-state index contributed by atoms with van der Waals surface area (Å²) in [5.41, 5.74) is 5.35. The van der Waals surface area contributed by atoms with Crippen LogP contribution in [-0.4, -0.2) is 23.7 Å². The van der Waals surface area contributed by atoms with Gasteiger partial charge in [-0.2, -0.15) is 0 Å². The first kappa shape index (κ1) is 13.4. The molecule has 1 amide bonds. The van der Waals surface area contributed by atoms with Crippen LogP contribution in [-0.2, 0) is 4.79 Å². The summed E-state index contributed by atoms with van der Waals surface area (Å²) in [4.78, 5) is 12.1. The van der Waals surface area contributed by atoms with Crippen molar-refractivity contribution in [1.29, 1.82) is 0 Å². The van der Waals surface area contributed by atoms with E-state index in [1.54, 1.807) is 17.8 Å². The summed E-state index contributed by atoms with van der Waals surface area (Å²) < 4.78 is 13.0. The Kier molecular flexibility index (Phi) is 4.60. The number of hydrogen-bond acceptors (Lipinski definition) is 3. The maximum absolute atomic E-state index is 13.0. The molecule has 0 heterocycles. The molecule has 1 unspecified atom stereocenters. The number of halogens is 1. The van der Waals surface area contributed by atoms with Crippen LogP contribution in [0.15, 0.2) is 29.2 Å². The molecule has 1 atom stereocenters. The SMILES string of the molecule is NC(=O)C(CCSc1cccc(F)c1)NC1CC1. The summed E-state index contributed by atoms with van der Waals surface area (Å²) in [5.74, 6) is 0.209. The fourth-order valence-corrected chi connectivity index (χ4v) is 2.65. The third-order valence-corrected chi connectivity index (χ3v) is 3.86. The first-order chi connectivity index (χ1) is 8.65. The second-order valence-electron chi connectivity index (χ2n) is 4.49. The lowest BCUT2D eigenvalue weighted by Crippen LogP contribution is -2.42. The van der Waals surface area contributed by atoms with E-state index in [1.807, 2.05) is 6.07 Å². The molecule has 0 aromatic heterocycles. The molecule has 1 aliphatic rings. The van der Waals surface area contributed by atoms with Crippen molar-refractivity contribution >= 4 is 17.7 Å². The number of thioether (sulfide) groups is 1. The predicted octanol–water partition coefficient (Wildman–Crippen LogP) is 1.91. The average molecular weight is 268 g/mol. The molecule has 5 heteroatoms. The Morgan fingerprint density at radius 2 is 2.33 bits per heavy atom. The van der Waals surface area contributed by atoms with Gasteiger partial charge in [0, 0.05) is 10.9 Å².